The number of hydrogen-bond donors (Lipinski definition) is 2. The molecule has 29 heavy (non-hydrogen) atoms. The molecule has 0 aliphatic carbocycles. The van der Waals surface area contributed by atoms with E-state index in [1.165, 1.54) is 18.5 Å². The molecular weight excluding hydrogens is 411 g/mol. The number of nitrogens with one attached hydrogen (secondary N) is 2. The number of alkyl halides is 3. The highest BCUT2D eigenvalue weighted by Gasteiger charge is 2.33. The molecule has 2 aromatic rings. The quantitative estimate of drug-likeness (QED) is 0.620. The molecule has 0 saturated carbocycles. The summed E-state index contributed by atoms with van der Waals surface area (Å²) in [6.07, 6.45) is -1.36. The van der Waals surface area contributed by atoms with Crippen LogP contribution in [0.15, 0.2) is 41.6 Å². The summed E-state index contributed by atoms with van der Waals surface area (Å²) >= 11 is 0. The minimum absolute atomic E-state index is 0.0638. The van der Waals surface area contributed by atoms with E-state index in [-0.39, 0.29) is 13.1 Å². The van der Waals surface area contributed by atoms with Crippen molar-refractivity contribution in [1.29, 1.82) is 0 Å². The average Bonchev–Trinajstić information content (AvgIpc) is 3.19. The first-order chi connectivity index (χ1) is 13.7. The van der Waals surface area contributed by atoms with Crippen LogP contribution in [-0.2, 0) is 10.0 Å². The molecule has 2 N–H and O–H groups in total. The van der Waals surface area contributed by atoms with Crippen molar-refractivity contribution in [2.45, 2.75) is 24.1 Å². The van der Waals surface area contributed by atoms with Crippen LogP contribution >= 0.6 is 0 Å². The smallest absolute Gasteiger partial charge is 0.404 e. The summed E-state index contributed by atoms with van der Waals surface area (Å²) in [6, 6.07) is 6.34. The van der Waals surface area contributed by atoms with Gasteiger partial charge in [-0.2, -0.15) is 0 Å². The number of ether oxygens (including phenoxy) is 1. The second kappa shape index (κ2) is 8.82. The van der Waals surface area contributed by atoms with Crippen molar-refractivity contribution in [3.63, 3.8) is 0 Å². The van der Waals surface area contributed by atoms with E-state index in [9.17, 15) is 21.6 Å². The predicted molar refractivity (Wildman–Crippen MR) is 100 cm³/mol. The maximum absolute atomic E-state index is 12.5. The van der Waals surface area contributed by atoms with Gasteiger partial charge in [-0.1, -0.05) is 12.1 Å². The Labute approximate surface area is 166 Å². The number of aromatic nitrogens is 2. The van der Waals surface area contributed by atoms with Gasteiger partial charge in [-0.25, -0.2) is 23.1 Å². The first-order valence-corrected chi connectivity index (χ1v) is 10.4. The van der Waals surface area contributed by atoms with E-state index < -0.39 is 27.0 Å². The van der Waals surface area contributed by atoms with Crippen LogP contribution < -0.4 is 19.7 Å². The van der Waals surface area contributed by atoms with Crippen LogP contribution in [0.5, 0.6) is 5.75 Å². The number of benzene rings is 1. The number of rotatable bonds is 8. The Hall–Kier alpha value is -2.60. The molecule has 1 aliphatic heterocycles. The van der Waals surface area contributed by atoms with Gasteiger partial charge in [-0.3, -0.25) is 0 Å². The van der Waals surface area contributed by atoms with Crippen molar-refractivity contribution in [3.8, 4) is 5.75 Å². The molecule has 2 heterocycles. The zero-order valence-corrected chi connectivity index (χ0v) is 16.1. The van der Waals surface area contributed by atoms with Crippen molar-refractivity contribution in [2.24, 2.45) is 0 Å². The van der Waals surface area contributed by atoms with Crippen molar-refractivity contribution in [1.82, 2.24) is 14.7 Å². The Balaban J connectivity index is 1.57. The van der Waals surface area contributed by atoms with Gasteiger partial charge in [0.15, 0.2) is 0 Å². The monoisotopic (exact) mass is 431 g/mol. The summed E-state index contributed by atoms with van der Waals surface area (Å²) in [5.74, 6) is 0.534. The standard InChI is InChI=1S/C17H20F3N5O3S/c18-17(19,20)28-13-5-1-2-6-14(13)29(26,27)24-8-7-21-15-11-16(23-12-22-15)25-9-3-4-10-25/h1-2,5-6,11-12,24H,3-4,7-10H2,(H,21,22,23). The van der Waals surface area contributed by atoms with E-state index in [2.05, 4.69) is 29.6 Å². The number of nitrogens with zero attached hydrogens (tertiary/aromatic N) is 3. The second-order valence-corrected chi connectivity index (χ2v) is 8.01. The van der Waals surface area contributed by atoms with E-state index in [4.69, 9.17) is 0 Å². The summed E-state index contributed by atoms with van der Waals surface area (Å²) in [5.41, 5.74) is 0. The third-order valence-electron chi connectivity index (χ3n) is 4.17. The van der Waals surface area contributed by atoms with Crippen LogP contribution in [0.3, 0.4) is 0 Å². The molecule has 0 unspecified atom stereocenters. The molecule has 1 saturated heterocycles. The van der Waals surface area contributed by atoms with Crippen LogP contribution in [0.4, 0.5) is 24.8 Å². The predicted octanol–water partition coefficient (Wildman–Crippen LogP) is 2.37. The number of sulfonamides is 1. The van der Waals surface area contributed by atoms with Crippen molar-refractivity contribution >= 4 is 21.7 Å². The number of hydrogen-bond acceptors (Lipinski definition) is 7. The molecule has 1 aliphatic rings. The van der Waals surface area contributed by atoms with Gasteiger partial charge in [-0.05, 0) is 25.0 Å². The molecule has 0 bridgehead atoms. The number of para-hydroxylation sites is 1. The van der Waals surface area contributed by atoms with Gasteiger partial charge in [-0.15, -0.1) is 13.2 Å². The van der Waals surface area contributed by atoms with Crippen molar-refractivity contribution < 1.29 is 26.3 Å². The second-order valence-electron chi connectivity index (χ2n) is 6.27. The highest BCUT2D eigenvalue weighted by atomic mass is 32.2. The summed E-state index contributed by atoms with van der Waals surface area (Å²) < 4.78 is 68.2. The first-order valence-electron chi connectivity index (χ1n) is 8.90. The average molecular weight is 431 g/mol. The zero-order chi connectivity index (χ0) is 20.9. The third-order valence-corrected chi connectivity index (χ3v) is 5.67. The van der Waals surface area contributed by atoms with Crippen molar-refractivity contribution in [3.05, 3.63) is 36.7 Å². The van der Waals surface area contributed by atoms with Gasteiger partial charge in [0.05, 0.1) is 0 Å². The van der Waals surface area contributed by atoms with Crippen LogP contribution in [-0.4, -0.2) is 50.9 Å². The Morgan fingerprint density at radius 1 is 1.10 bits per heavy atom. The molecule has 0 spiro atoms. The summed E-state index contributed by atoms with van der Waals surface area (Å²) in [5, 5.41) is 2.97. The van der Waals surface area contributed by atoms with Crippen LogP contribution in [0.2, 0.25) is 0 Å². The van der Waals surface area contributed by atoms with Crippen LogP contribution in [0.1, 0.15) is 12.8 Å². The maximum Gasteiger partial charge on any atom is 0.573 e. The SMILES string of the molecule is O=S(=O)(NCCNc1cc(N2CCCC2)ncn1)c1ccccc1OC(F)(F)F. The lowest BCUT2D eigenvalue weighted by Gasteiger charge is -2.17. The Morgan fingerprint density at radius 2 is 1.83 bits per heavy atom. The van der Waals surface area contributed by atoms with E-state index in [1.54, 1.807) is 6.07 Å². The number of halogens is 3. The molecule has 0 amide bonds. The van der Waals surface area contributed by atoms with Gasteiger partial charge in [0.2, 0.25) is 10.0 Å². The van der Waals surface area contributed by atoms with E-state index in [0.29, 0.717) is 5.82 Å². The molecule has 3 rings (SSSR count). The zero-order valence-electron chi connectivity index (χ0n) is 15.3. The normalized spacial score (nSPS) is 14.8. The Kier molecular flexibility index (Phi) is 6.42. The van der Waals surface area contributed by atoms with Gasteiger partial charge < -0.3 is 15.0 Å². The van der Waals surface area contributed by atoms with Crippen molar-refractivity contribution in [2.75, 3.05) is 36.4 Å². The lowest BCUT2D eigenvalue weighted by Crippen LogP contribution is -2.30. The Morgan fingerprint density at radius 3 is 2.55 bits per heavy atom. The highest BCUT2D eigenvalue weighted by Crippen LogP contribution is 2.29. The number of anilines is 2. The molecular formula is C17H20F3N5O3S. The van der Waals surface area contributed by atoms with E-state index >= 15 is 0 Å². The minimum Gasteiger partial charge on any atom is -0.404 e. The molecule has 8 nitrogen and oxygen atoms in total. The van der Waals surface area contributed by atoms with Gasteiger partial charge in [0.25, 0.3) is 0 Å². The van der Waals surface area contributed by atoms with E-state index in [0.717, 1.165) is 43.9 Å². The lowest BCUT2D eigenvalue weighted by molar-refractivity contribution is -0.275. The molecule has 158 valence electrons. The largest absolute Gasteiger partial charge is 0.573 e. The van der Waals surface area contributed by atoms with Crippen LogP contribution in [0.25, 0.3) is 0 Å². The molecule has 12 heteroatoms. The fraction of sp³-hybridized carbons (Fsp3) is 0.412. The van der Waals surface area contributed by atoms with E-state index in [1.807, 2.05) is 0 Å². The fourth-order valence-corrected chi connectivity index (χ4v) is 4.06. The lowest BCUT2D eigenvalue weighted by atomic mass is 10.3. The van der Waals surface area contributed by atoms with Crippen LogP contribution in [0, 0.1) is 0 Å². The topological polar surface area (TPSA) is 96.5 Å². The fourth-order valence-electron chi connectivity index (χ4n) is 2.90. The molecule has 0 radical (unpaired) electrons. The maximum atomic E-state index is 12.5. The molecule has 1 fully saturated rings. The van der Waals surface area contributed by atoms with Gasteiger partial charge in [0, 0.05) is 32.2 Å². The first kappa shape index (κ1) is 21.1. The van der Waals surface area contributed by atoms with Gasteiger partial charge in [0.1, 0.15) is 28.6 Å². The minimum atomic E-state index is -4.99. The molecule has 0 atom stereocenters. The summed E-state index contributed by atoms with van der Waals surface area (Å²) in [7, 11) is -4.19. The van der Waals surface area contributed by atoms with Gasteiger partial charge >= 0.3 is 6.36 Å². The Bertz CT molecular complexity index is 934. The molecule has 1 aromatic carbocycles. The summed E-state index contributed by atoms with van der Waals surface area (Å²) in [4.78, 5) is 9.86. The summed E-state index contributed by atoms with van der Waals surface area (Å²) in [6.45, 7) is 1.97. The third kappa shape index (κ3) is 5.94. The highest BCUT2D eigenvalue weighted by molar-refractivity contribution is 7.89. The molecule has 1 aromatic heterocycles.